The molecule has 3 aromatic heterocycles. The number of pyridine rings is 1. The molecule has 0 aliphatic carbocycles. The van der Waals surface area contributed by atoms with Crippen molar-refractivity contribution in [3.05, 3.63) is 121 Å². The first-order valence-corrected chi connectivity index (χ1v) is 13.7. The Labute approximate surface area is 229 Å². The zero-order chi connectivity index (χ0) is 25.9. The SMILES string of the molecule is c1cnc2c(c1)B1N(c3ccccc3-2)c2cc(-c3ccc4oc5ccccc5c4c3)cc3c4ccccc4n1c23. The third-order valence-corrected chi connectivity index (χ3v) is 8.78. The molecule has 40 heavy (non-hydrogen) atoms. The molecule has 2 aliphatic rings. The van der Waals surface area contributed by atoms with E-state index in [4.69, 9.17) is 9.40 Å². The Morgan fingerprint density at radius 2 is 1.40 bits per heavy atom. The van der Waals surface area contributed by atoms with Crippen LogP contribution in [0, 0.1) is 0 Å². The molecule has 0 unspecified atom stereocenters. The average molecular weight is 509 g/mol. The maximum Gasteiger partial charge on any atom is 0.423 e. The summed E-state index contributed by atoms with van der Waals surface area (Å²) < 4.78 is 8.66. The molecular weight excluding hydrogens is 489 g/mol. The molecule has 0 radical (unpaired) electrons. The lowest BCUT2D eigenvalue weighted by molar-refractivity contribution is 0.669. The highest BCUT2D eigenvalue weighted by Crippen LogP contribution is 2.50. The van der Waals surface area contributed by atoms with Gasteiger partial charge in [0.1, 0.15) is 11.2 Å². The first-order valence-electron chi connectivity index (χ1n) is 13.7. The molecule has 0 saturated carbocycles. The molecule has 184 valence electrons. The van der Waals surface area contributed by atoms with Crippen LogP contribution in [0.25, 0.3) is 66.1 Å². The normalized spacial score (nSPS) is 13.4. The van der Waals surface area contributed by atoms with Gasteiger partial charge in [0.25, 0.3) is 0 Å². The molecule has 4 nitrogen and oxygen atoms in total. The van der Waals surface area contributed by atoms with Crippen molar-refractivity contribution < 1.29 is 4.42 Å². The first-order chi connectivity index (χ1) is 19.8. The number of rotatable bonds is 1. The summed E-state index contributed by atoms with van der Waals surface area (Å²) in [4.78, 5) is 7.39. The highest BCUT2D eigenvalue weighted by atomic mass is 16.3. The predicted molar refractivity (Wildman–Crippen MR) is 165 cm³/mol. The largest absolute Gasteiger partial charge is 0.456 e. The lowest BCUT2D eigenvalue weighted by Gasteiger charge is -2.34. The van der Waals surface area contributed by atoms with Crippen molar-refractivity contribution in [2.75, 3.05) is 4.81 Å². The summed E-state index contributed by atoms with van der Waals surface area (Å²) in [6, 6.07) is 41.4. The molecule has 0 spiro atoms. The summed E-state index contributed by atoms with van der Waals surface area (Å²) in [6.07, 6.45) is 1.91. The summed E-state index contributed by atoms with van der Waals surface area (Å²) in [5.74, 6) is 0. The molecular formula is C35H20BN3O. The minimum atomic E-state index is 0.00606. The van der Waals surface area contributed by atoms with E-state index in [0.717, 1.165) is 27.6 Å². The van der Waals surface area contributed by atoms with Crippen LogP contribution in [0.4, 0.5) is 11.4 Å². The Balaban J connectivity index is 1.31. The second-order valence-electron chi connectivity index (χ2n) is 10.8. The van der Waals surface area contributed by atoms with E-state index in [1.54, 1.807) is 0 Å². The van der Waals surface area contributed by atoms with Gasteiger partial charge in [0.2, 0.25) is 0 Å². The van der Waals surface area contributed by atoms with Crippen LogP contribution in [0.2, 0.25) is 0 Å². The van der Waals surface area contributed by atoms with Crippen LogP contribution in [0.1, 0.15) is 0 Å². The van der Waals surface area contributed by atoms with Crippen molar-refractivity contribution in [3.8, 4) is 22.4 Å². The van der Waals surface area contributed by atoms with E-state index in [2.05, 4.69) is 112 Å². The summed E-state index contributed by atoms with van der Waals surface area (Å²) in [5.41, 5.74) is 12.6. The molecule has 2 aliphatic heterocycles. The van der Waals surface area contributed by atoms with E-state index in [1.165, 1.54) is 55.3 Å². The molecule has 0 saturated heterocycles. The van der Waals surface area contributed by atoms with Crippen molar-refractivity contribution >= 4 is 67.6 Å². The van der Waals surface area contributed by atoms with Crippen LogP contribution in [0.3, 0.4) is 0 Å². The lowest BCUT2D eigenvalue weighted by Crippen LogP contribution is -2.51. The monoisotopic (exact) mass is 509 g/mol. The Hall–Kier alpha value is -5.29. The van der Waals surface area contributed by atoms with Gasteiger partial charge in [0.05, 0.1) is 16.9 Å². The summed E-state index contributed by atoms with van der Waals surface area (Å²) in [6.45, 7) is 0.00606. The Bertz CT molecular complexity index is 2370. The molecule has 0 atom stereocenters. The van der Waals surface area contributed by atoms with Gasteiger partial charge in [-0.25, -0.2) is 0 Å². The molecule has 10 rings (SSSR count). The maximum atomic E-state index is 6.14. The molecule has 5 heteroatoms. The molecule has 0 amide bonds. The smallest absolute Gasteiger partial charge is 0.423 e. The minimum absolute atomic E-state index is 0.00606. The number of furan rings is 1. The predicted octanol–water partition coefficient (Wildman–Crippen LogP) is 8.13. The van der Waals surface area contributed by atoms with Gasteiger partial charge >= 0.3 is 6.98 Å². The average Bonchev–Trinajstić information content (AvgIpc) is 3.67. The van der Waals surface area contributed by atoms with Gasteiger partial charge in [0, 0.05) is 44.5 Å². The van der Waals surface area contributed by atoms with E-state index < -0.39 is 0 Å². The number of hydrogen-bond acceptors (Lipinski definition) is 3. The van der Waals surface area contributed by atoms with Gasteiger partial charge in [-0.3, -0.25) is 4.98 Å². The zero-order valence-corrected chi connectivity index (χ0v) is 21.4. The van der Waals surface area contributed by atoms with Crippen LogP contribution < -0.4 is 10.3 Å². The molecule has 0 fully saturated rings. The van der Waals surface area contributed by atoms with Crippen molar-refractivity contribution in [2.24, 2.45) is 0 Å². The number of benzene rings is 5. The third kappa shape index (κ3) is 2.46. The molecule has 0 N–H and O–H groups in total. The molecule has 0 bridgehead atoms. The Kier molecular flexibility index (Phi) is 3.73. The van der Waals surface area contributed by atoms with Gasteiger partial charge in [-0.1, -0.05) is 66.7 Å². The zero-order valence-electron chi connectivity index (χ0n) is 21.4. The highest BCUT2D eigenvalue weighted by molar-refractivity contribution is 6.82. The van der Waals surface area contributed by atoms with Gasteiger partial charge in [-0.15, -0.1) is 0 Å². The van der Waals surface area contributed by atoms with Crippen molar-refractivity contribution in [1.29, 1.82) is 0 Å². The van der Waals surface area contributed by atoms with E-state index in [-0.39, 0.29) is 6.98 Å². The van der Waals surface area contributed by atoms with Gasteiger partial charge in [-0.2, -0.15) is 0 Å². The van der Waals surface area contributed by atoms with Crippen LogP contribution >= 0.6 is 0 Å². The van der Waals surface area contributed by atoms with Crippen molar-refractivity contribution in [3.63, 3.8) is 0 Å². The van der Waals surface area contributed by atoms with Crippen LogP contribution in [0.5, 0.6) is 0 Å². The summed E-state index contributed by atoms with van der Waals surface area (Å²) >= 11 is 0. The quantitative estimate of drug-likeness (QED) is 0.210. The van der Waals surface area contributed by atoms with Crippen molar-refractivity contribution in [1.82, 2.24) is 9.46 Å². The number of para-hydroxylation sites is 3. The van der Waals surface area contributed by atoms with E-state index >= 15 is 0 Å². The Morgan fingerprint density at radius 3 is 2.38 bits per heavy atom. The first kappa shape index (κ1) is 20.6. The third-order valence-electron chi connectivity index (χ3n) is 8.78. The molecule has 8 aromatic rings. The second-order valence-corrected chi connectivity index (χ2v) is 10.8. The van der Waals surface area contributed by atoms with Gasteiger partial charge in [0.15, 0.2) is 0 Å². The van der Waals surface area contributed by atoms with Gasteiger partial charge in [-0.05, 0) is 65.1 Å². The van der Waals surface area contributed by atoms with E-state index in [9.17, 15) is 0 Å². The fourth-order valence-corrected chi connectivity index (χ4v) is 7.14. The molecule has 5 aromatic carbocycles. The number of fused-ring (bicyclic) bond motifs is 14. The fourth-order valence-electron chi connectivity index (χ4n) is 7.14. The maximum absolute atomic E-state index is 6.14. The molecule has 5 heterocycles. The fraction of sp³-hybridized carbons (Fsp3) is 0. The van der Waals surface area contributed by atoms with E-state index in [0.29, 0.717) is 0 Å². The minimum Gasteiger partial charge on any atom is -0.456 e. The summed E-state index contributed by atoms with van der Waals surface area (Å²) in [5, 5.41) is 4.85. The Morgan fingerprint density at radius 1 is 0.600 bits per heavy atom. The number of aromatic nitrogens is 2. The topological polar surface area (TPSA) is 34.2 Å². The number of anilines is 2. The highest BCUT2D eigenvalue weighted by Gasteiger charge is 2.45. The van der Waals surface area contributed by atoms with Crippen molar-refractivity contribution in [2.45, 2.75) is 0 Å². The number of hydrogen-bond donors (Lipinski definition) is 0. The standard InChI is InChI=1S/C35H20BN3O/c1-4-12-29-23(8-1)27-19-22(21-15-16-33-26(18-21)24-9-3-6-14-32(24)40-33)20-31-35(27)39(29)36-28-11-7-17-37-34(28)25-10-2-5-13-30(25)38(31)36/h1-20H. The van der Waals surface area contributed by atoms with Crippen LogP contribution in [-0.2, 0) is 0 Å². The lowest BCUT2D eigenvalue weighted by atomic mass is 9.61. The van der Waals surface area contributed by atoms with Crippen LogP contribution in [-0.4, -0.2) is 16.4 Å². The van der Waals surface area contributed by atoms with Gasteiger partial charge < -0.3 is 13.7 Å². The van der Waals surface area contributed by atoms with Crippen LogP contribution in [0.15, 0.2) is 126 Å². The summed E-state index contributed by atoms with van der Waals surface area (Å²) in [7, 11) is 0. The number of nitrogens with zero attached hydrogens (tertiary/aromatic N) is 3. The van der Waals surface area contributed by atoms with E-state index in [1.807, 2.05) is 18.3 Å². The second kappa shape index (κ2) is 7.22.